The van der Waals surface area contributed by atoms with E-state index in [1.54, 1.807) is 0 Å². The minimum absolute atomic E-state index is 0.0270. The van der Waals surface area contributed by atoms with Crippen LogP contribution >= 0.6 is 7.82 Å². The lowest BCUT2D eigenvalue weighted by molar-refractivity contribution is -0.870. The number of esters is 2. The second kappa shape index (κ2) is 50.9. The Kier molecular flexibility index (Phi) is 48.6. The van der Waals surface area contributed by atoms with E-state index in [-0.39, 0.29) is 32.0 Å². The molecule has 0 aromatic heterocycles. The zero-order valence-corrected chi connectivity index (χ0v) is 46.4. The lowest BCUT2D eigenvalue weighted by atomic mass is 10.0. The summed E-state index contributed by atoms with van der Waals surface area (Å²) >= 11 is 0. The van der Waals surface area contributed by atoms with Gasteiger partial charge in [-0.3, -0.25) is 18.6 Å². The normalized spacial score (nSPS) is 14.1. The van der Waals surface area contributed by atoms with Crippen LogP contribution in [0.25, 0.3) is 0 Å². The number of likely N-dealkylation sites (N-methyl/N-ethyl adjacent to an activating group) is 1. The first kappa shape index (κ1) is 66.9. The average molecular weight is 999 g/mol. The third kappa shape index (κ3) is 54.3. The van der Waals surface area contributed by atoms with Gasteiger partial charge in [0.25, 0.3) is 0 Å². The van der Waals surface area contributed by atoms with Gasteiger partial charge >= 0.3 is 19.8 Å². The van der Waals surface area contributed by atoms with E-state index in [4.69, 9.17) is 18.5 Å². The first-order chi connectivity index (χ1) is 34.0. The predicted molar refractivity (Wildman–Crippen MR) is 298 cm³/mol. The molecule has 0 saturated heterocycles. The molecular formula is C60H105NO8P+. The number of phosphoric ester groups is 1. The molecule has 0 aromatic carbocycles. The van der Waals surface area contributed by atoms with Crippen molar-refractivity contribution in [2.75, 3.05) is 47.5 Å². The molecule has 1 N–H and O–H groups in total. The number of ether oxygens (including phenoxy) is 2. The average Bonchev–Trinajstić information content (AvgIpc) is 3.32. The molecule has 0 amide bonds. The van der Waals surface area contributed by atoms with Crippen molar-refractivity contribution < 1.29 is 42.1 Å². The molecule has 0 aliphatic rings. The second-order valence-electron chi connectivity index (χ2n) is 19.6. The Hall–Kier alpha value is -3.07. The van der Waals surface area contributed by atoms with Crippen molar-refractivity contribution in [3.63, 3.8) is 0 Å². The summed E-state index contributed by atoms with van der Waals surface area (Å²) in [6.07, 6.45) is 69.2. The molecule has 10 heteroatoms. The van der Waals surface area contributed by atoms with Gasteiger partial charge in [-0.05, 0) is 89.9 Å². The smallest absolute Gasteiger partial charge is 0.462 e. The Morgan fingerprint density at radius 1 is 0.457 bits per heavy atom. The predicted octanol–water partition coefficient (Wildman–Crippen LogP) is 17.3. The van der Waals surface area contributed by atoms with Crippen molar-refractivity contribution >= 4 is 19.8 Å². The minimum atomic E-state index is -4.38. The molecule has 0 radical (unpaired) electrons. The molecule has 0 spiro atoms. The molecule has 0 aliphatic carbocycles. The lowest BCUT2D eigenvalue weighted by Gasteiger charge is -2.24. The van der Waals surface area contributed by atoms with E-state index in [1.807, 2.05) is 21.1 Å². The Morgan fingerprint density at radius 2 is 0.814 bits per heavy atom. The van der Waals surface area contributed by atoms with E-state index >= 15 is 0 Å². The molecule has 0 bridgehead atoms. The van der Waals surface area contributed by atoms with Crippen LogP contribution in [0.4, 0.5) is 0 Å². The number of quaternary nitrogens is 1. The number of carbonyl (C=O) groups is 2. The van der Waals surface area contributed by atoms with Crippen molar-refractivity contribution in [3.8, 4) is 0 Å². The number of nitrogens with zero attached hydrogens (tertiary/aromatic N) is 1. The maximum Gasteiger partial charge on any atom is 0.472 e. The minimum Gasteiger partial charge on any atom is -0.462 e. The lowest BCUT2D eigenvalue weighted by Crippen LogP contribution is -2.37. The highest BCUT2D eigenvalue weighted by molar-refractivity contribution is 7.47. The topological polar surface area (TPSA) is 108 Å². The van der Waals surface area contributed by atoms with Gasteiger partial charge in [0.15, 0.2) is 6.10 Å². The third-order valence-electron chi connectivity index (χ3n) is 11.6. The van der Waals surface area contributed by atoms with Crippen LogP contribution in [0.1, 0.15) is 219 Å². The third-order valence-corrected chi connectivity index (χ3v) is 12.6. The van der Waals surface area contributed by atoms with Crippen molar-refractivity contribution in [1.29, 1.82) is 0 Å². The Balaban J connectivity index is 4.05. The summed E-state index contributed by atoms with van der Waals surface area (Å²) < 4.78 is 34.4. The molecule has 0 aromatic rings. The summed E-state index contributed by atoms with van der Waals surface area (Å²) in [6, 6.07) is 0. The molecule has 9 nitrogen and oxygen atoms in total. The van der Waals surface area contributed by atoms with Gasteiger partial charge in [-0.2, -0.15) is 0 Å². The first-order valence-electron chi connectivity index (χ1n) is 28.0. The summed E-state index contributed by atoms with van der Waals surface area (Å²) in [6.45, 7) is 4.26. The summed E-state index contributed by atoms with van der Waals surface area (Å²) in [7, 11) is 1.46. The fraction of sp³-hybridized carbons (Fsp3) is 0.700. The molecule has 0 fully saturated rings. The van der Waals surface area contributed by atoms with Crippen LogP contribution in [0.5, 0.6) is 0 Å². The van der Waals surface area contributed by atoms with Crippen molar-refractivity contribution in [3.05, 3.63) is 97.2 Å². The SMILES string of the molecule is CC/C=C\C/C=C\C/C=C\C/C=C\C/C=C\C/C=C\C/C=C\CCCCCCCCCCCCCCCC(=O)OC(COC(=O)CCCCCCC/C=C\CCCC)COP(=O)(O)OCC[N+](C)(C)C. The van der Waals surface area contributed by atoms with Crippen LogP contribution in [-0.4, -0.2) is 74.9 Å². The van der Waals surface area contributed by atoms with E-state index in [2.05, 4.69) is 111 Å². The van der Waals surface area contributed by atoms with E-state index in [0.717, 1.165) is 109 Å². The highest BCUT2D eigenvalue weighted by Gasteiger charge is 2.27. The van der Waals surface area contributed by atoms with Crippen LogP contribution in [0.2, 0.25) is 0 Å². The van der Waals surface area contributed by atoms with E-state index in [1.165, 1.54) is 77.0 Å². The van der Waals surface area contributed by atoms with Gasteiger partial charge in [-0.25, -0.2) is 4.57 Å². The Labute approximate surface area is 430 Å². The van der Waals surface area contributed by atoms with Gasteiger partial charge in [-0.1, -0.05) is 214 Å². The van der Waals surface area contributed by atoms with Crippen molar-refractivity contribution in [1.82, 2.24) is 0 Å². The number of rotatable bonds is 50. The van der Waals surface area contributed by atoms with E-state index in [9.17, 15) is 19.0 Å². The summed E-state index contributed by atoms with van der Waals surface area (Å²) in [5.41, 5.74) is 0. The van der Waals surface area contributed by atoms with Gasteiger partial charge in [0, 0.05) is 12.8 Å². The fourth-order valence-electron chi connectivity index (χ4n) is 7.27. The number of carbonyl (C=O) groups excluding carboxylic acids is 2. The van der Waals surface area contributed by atoms with Gasteiger partial charge in [0.1, 0.15) is 19.8 Å². The van der Waals surface area contributed by atoms with Crippen molar-refractivity contribution in [2.45, 2.75) is 225 Å². The molecule has 2 atom stereocenters. The Bertz CT molecular complexity index is 1500. The number of hydrogen-bond acceptors (Lipinski definition) is 7. The van der Waals surface area contributed by atoms with Gasteiger partial charge < -0.3 is 18.9 Å². The molecule has 2 unspecified atom stereocenters. The standard InChI is InChI=1S/C60H104NO8P/c1-6-8-10-12-14-16-18-19-20-21-22-23-24-25-26-27-28-29-30-31-32-33-34-35-36-37-38-39-40-41-43-45-47-49-51-53-60(63)69-58(57-68-70(64,65)67-55-54-61(3,4)5)56-66-59(62)52-50-48-46-44-42-17-15-13-11-9-7-2/h8,10,13-16,19-20,22-23,25-26,28-29,31-32,58H,6-7,9,11-12,17-18,21,24,27,30,33-57H2,1-5H3/p+1/b10-8-,15-13-,16-14-,20-19-,23-22-,26-25-,29-28-,32-31-. The number of allylic oxidation sites excluding steroid dienone is 16. The van der Waals surface area contributed by atoms with Crippen molar-refractivity contribution in [2.24, 2.45) is 0 Å². The van der Waals surface area contributed by atoms with Gasteiger partial charge in [0.05, 0.1) is 27.7 Å². The molecule has 0 saturated carbocycles. The molecule has 402 valence electrons. The van der Waals surface area contributed by atoms with Gasteiger partial charge in [-0.15, -0.1) is 0 Å². The van der Waals surface area contributed by atoms with E-state index < -0.39 is 26.5 Å². The highest BCUT2D eigenvalue weighted by atomic mass is 31.2. The summed E-state index contributed by atoms with van der Waals surface area (Å²) in [5, 5.41) is 0. The molecule has 0 aliphatic heterocycles. The maximum absolute atomic E-state index is 12.8. The number of unbranched alkanes of at least 4 members (excludes halogenated alkanes) is 20. The van der Waals surface area contributed by atoms with Crippen LogP contribution in [0.15, 0.2) is 97.2 Å². The largest absolute Gasteiger partial charge is 0.472 e. The maximum atomic E-state index is 12.8. The number of hydrogen-bond donors (Lipinski definition) is 1. The second-order valence-corrected chi connectivity index (χ2v) is 21.0. The van der Waals surface area contributed by atoms with Crippen LogP contribution < -0.4 is 0 Å². The van der Waals surface area contributed by atoms with E-state index in [0.29, 0.717) is 17.4 Å². The van der Waals surface area contributed by atoms with Crippen LogP contribution in [-0.2, 0) is 32.7 Å². The monoisotopic (exact) mass is 999 g/mol. The quantitative estimate of drug-likeness (QED) is 0.0211. The van der Waals surface area contributed by atoms with Crippen LogP contribution in [0, 0.1) is 0 Å². The highest BCUT2D eigenvalue weighted by Crippen LogP contribution is 2.43. The summed E-state index contributed by atoms with van der Waals surface area (Å²) in [5.74, 6) is -0.814. The summed E-state index contributed by atoms with van der Waals surface area (Å²) in [4.78, 5) is 35.5. The first-order valence-corrected chi connectivity index (χ1v) is 29.5. The van der Waals surface area contributed by atoms with Gasteiger partial charge in [0.2, 0.25) is 0 Å². The fourth-order valence-corrected chi connectivity index (χ4v) is 8.01. The Morgan fingerprint density at radius 3 is 1.23 bits per heavy atom. The molecule has 0 rings (SSSR count). The number of phosphoric acid groups is 1. The molecular weight excluding hydrogens is 894 g/mol. The molecule has 0 heterocycles. The van der Waals surface area contributed by atoms with Crippen LogP contribution in [0.3, 0.4) is 0 Å². The zero-order valence-electron chi connectivity index (χ0n) is 45.5. The zero-order chi connectivity index (χ0) is 51.3. The molecule has 70 heavy (non-hydrogen) atoms.